The van der Waals surface area contributed by atoms with Gasteiger partial charge >= 0.3 is 17.9 Å². The Hall–Kier alpha value is -3.15. The van der Waals surface area contributed by atoms with E-state index in [0.717, 1.165) is 89.9 Å². The summed E-state index contributed by atoms with van der Waals surface area (Å²) >= 11 is 0. The predicted molar refractivity (Wildman–Crippen MR) is 353 cm³/mol. The Labute approximate surface area is 503 Å². The molecule has 0 aliphatic rings. The lowest BCUT2D eigenvalue weighted by molar-refractivity contribution is -0.167. The summed E-state index contributed by atoms with van der Waals surface area (Å²) in [7, 11) is 0. The van der Waals surface area contributed by atoms with Gasteiger partial charge in [0, 0.05) is 19.3 Å². The first-order valence-corrected chi connectivity index (χ1v) is 35.4. The van der Waals surface area contributed by atoms with E-state index in [1.807, 2.05) is 0 Å². The number of ether oxygens (including phenoxy) is 3. The third-order valence-electron chi connectivity index (χ3n) is 15.7. The van der Waals surface area contributed by atoms with Gasteiger partial charge in [0.15, 0.2) is 6.10 Å². The minimum Gasteiger partial charge on any atom is -0.462 e. The first-order valence-electron chi connectivity index (χ1n) is 35.4. The van der Waals surface area contributed by atoms with Gasteiger partial charge in [-0.1, -0.05) is 331 Å². The monoisotopic (exact) mass is 1130 g/mol. The van der Waals surface area contributed by atoms with Crippen molar-refractivity contribution in [2.24, 2.45) is 0 Å². The molecule has 0 bridgehead atoms. The maximum atomic E-state index is 12.9. The molecule has 1 unspecified atom stereocenters. The van der Waals surface area contributed by atoms with Crippen LogP contribution >= 0.6 is 0 Å². The largest absolute Gasteiger partial charge is 0.462 e. The smallest absolute Gasteiger partial charge is 0.306 e. The molecule has 1 atom stereocenters. The third kappa shape index (κ3) is 67.5. The van der Waals surface area contributed by atoms with Crippen LogP contribution in [-0.2, 0) is 28.6 Å². The molecule has 0 rings (SSSR count). The highest BCUT2D eigenvalue weighted by Crippen LogP contribution is 2.18. The molecule has 0 amide bonds. The molecule has 6 nitrogen and oxygen atoms in total. The summed E-state index contributed by atoms with van der Waals surface area (Å²) in [5, 5.41) is 0. The SMILES string of the molecule is CC/C=C\C/C=C\C/C=C\C/C=C\CCCCCCCCCCCCCCCCC(=O)OCC(COC(=O)CCCCCCCCCCC)OC(=O)CCCCCCCCCCCCCCCCC/C=C\C/C=C\CCCCCCC. The van der Waals surface area contributed by atoms with Gasteiger partial charge in [-0.15, -0.1) is 0 Å². The van der Waals surface area contributed by atoms with Crippen molar-refractivity contribution in [1.82, 2.24) is 0 Å². The van der Waals surface area contributed by atoms with Crippen LogP contribution in [0.4, 0.5) is 0 Å². The van der Waals surface area contributed by atoms with Gasteiger partial charge in [-0.05, 0) is 89.9 Å². The minimum absolute atomic E-state index is 0.0704. The van der Waals surface area contributed by atoms with Crippen LogP contribution in [-0.4, -0.2) is 37.2 Å². The maximum absolute atomic E-state index is 12.9. The number of hydrogen-bond acceptors (Lipinski definition) is 6. The zero-order chi connectivity index (χ0) is 58.5. The molecule has 0 aliphatic carbocycles. The molecule has 0 aromatic carbocycles. The molecule has 0 radical (unpaired) electrons. The van der Waals surface area contributed by atoms with E-state index in [4.69, 9.17) is 14.2 Å². The first kappa shape index (κ1) is 77.9. The van der Waals surface area contributed by atoms with E-state index >= 15 is 0 Å². The van der Waals surface area contributed by atoms with Crippen LogP contribution in [0.5, 0.6) is 0 Å². The molecule has 0 spiro atoms. The number of carbonyl (C=O) groups is 3. The Morgan fingerprint density at radius 3 is 0.753 bits per heavy atom. The fourth-order valence-corrected chi connectivity index (χ4v) is 10.4. The third-order valence-corrected chi connectivity index (χ3v) is 15.7. The van der Waals surface area contributed by atoms with Crippen molar-refractivity contribution in [3.8, 4) is 0 Å². The molecule has 0 heterocycles. The molecule has 0 aromatic rings. The van der Waals surface area contributed by atoms with Crippen molar-refractivity contribution in [2.45, 2.75) is 374 Å². The molecule has 0 saturated heterocycles. The Kier molecular flexibility index (Phi) is 66.6. The van der Waals surface area contributed by atoms with Gasteiger partial charge in [0.25, 0.3) is 0 Å². The number of unbranched alkanes of at least 4 members (excludes halogenated alkanes) is 42. The molecular formula is C75H134O6. The van der Waals surface area contributed by atoms with Gasteiger partial charge in [-0.25, -0.2) is 0 Å². The maximum Gasteiger partial charge on any atom is 0.306 e. The predicted octanol–water partition coefficient (Wildman–Crippen LogP) is 24.4. The van der Waals surface area contributed by atoms with E-state index in [1.165, 1.54) is 238 Å². The van der Waals surface area contributed by atoms with Gasteiger partial charge in [-0.2, -0.15) is 0 Å². The molecular weight excluding hydrogens is 997 g/mol. The van der Waals surface area contributed by atoms with E-state index in [-0.39, 0.29) is 31.1 Å². The quantitative estimate of drug-likeness (QED) is 0.0261. The summed E-state index contributed by atoms with van der Waals surface area (Å²) in [6.07, 6.45) is 90.9. The Bertz CT molecular complexity index is 1490. The van der Waals surface area contributed by atoms with Crippen molar-refractivity contribution in [3.05, 3.63) is 72.9 Å². The average molecular weight is 1130 g/mol. The minimum atomic E-state index is -0.773. The molecule has 0 fully saturated rings. The second-order valence-corrected chi connectivity index (χ2v) is 23.8. The topological polar surface area (TPSA) is 78.9 Å². The lowest BCUT2D eigenvalue weighted by Gasteiger charge is -2.18. The van der Waals surface area contributed by atoms with Crippen LogP contribution in [0.3, 0.4) is 0 Å². The Morgan fingerprint density at radius 2 is 0.481 bits per heavy atom. The van der Waals surface area contributed by atoms with Gasteiger partial charge in [0.1, 0.15) is 13.2 Å². The Balaban J connectivity index is 4.13. The zero-order valence-corrected chi connectivity index (χ0v) is 54.1. The van der Waals surface area contributed by atoms with Gasteiger partial charge < -0.3 is 14.2 Å². The van der Waals surface area contributed by atoms with E-state index < -0.39 is 6.10 Å². The molecule has 6 heteroatoms. The normalized spacial score (nSPS) is 12.5. The lowest BCUT2D eigenvalue weighted by Crippen LogP contribution is -2.30. The second-order valence-electron chi connectivity index (χ2n) is 23.8. The van der Waals surface area contributed by atoms with Crippen LogP contribution in [0, 0.1) is 0 Å². The van der Waals surface area contributed by atoms with Crippen molar-refractivity contribution in [1.29, 1.82) is 0 Å². The molecule has 0 aromatic heterocycles. The molecule has 81 heavy (non-hydrogen) atoms. The van der Waals surface area contributed by atoms with Crippen LogP contribution in [0.2, 0.25) is 0 Å². The molecule has 0 N–H and O–H groups in total. The standard InChI is InChI=1S/C75H134O6/c1-4-7-10-13-16-19-21-23-25-27-29-31-33-35-37-39-41-43-45-47-49-51-53-56-59-62-65-68-74(77)80-71-72(70-79-73(76)67-64-61-58-55-18-15-12-9-6-3)81-75(78)69-66-63-60-57-54-52-50-48-46-44-42-40-38-36-34-32-30-28-26-24-22-20-17-14-11-8-5-2/h7,10,16,19,22-25,28-31,72H,4-6,8-9,11-15,17-18,20-21,26-27,32-71H2,1-3H3/b10-7-,19-16-,24-22-,25-23-,30-28-,31-29-. The van der Waals surface area contributed by atoms with Crippen LogP contribution in [0.25, 0.3) is 0 Å². The van der Waals surface area contributed by atoms with Crippen molar-refractivity contribution >= 4 is 17.9 Å². The first-order chi connectivity index (χ1) is 40.0. The molecule has 0 saturated carbocycles. The van der Waals surface area contributed by atoms with Crippen LogP contribution < -0.4 is 0 Å². The summed E-state index contributed by atoms with van der Waals surface area (Å²) in [4.78, 5) is 38.3. The summed E-state index contributed by atoms with van der Waals surface area (Å²) in [6.45, 7) is 6.55. The lowest BCUT2D eigenvalue weighted by atomic mass is 10.0. The second kappa shape index (κ2) is 69.3. The number of carbonyl (C=O) groups excluding carboxylic acids is 3. The van der Waals surface area contributed by atoms with E-state index in [0.29, 0.717) is 19.3 Å². The van der Waals surface area contributed by atoms with Gasteiger partial charge in [0.05, 0.1) is 0 Å². The highest BCUT2D eigenvalue weighted by atomic mass is 16.6. The number of allylic oxidation sites excluding steroid dienone is 12. The van der Waals surface area contributed by atoms with Crippen LogP contribution in [0.15, 0.2) is 72.9 Å². The molecule has 470 valence electrons. The summed E-state index contributed by atoms with van der Waals surface area (Å²) in [5.74, 6) is -0.853. The van der Waals surface area contributed by atoms with Gasteiger partial charge in [0.2, 0.25) is 0 Å². The fraction of sp³-hybridized carbons (Fsp3) is 0.800. The van der Waals surface area contributed by atoms with Crippen molar-refractivity contribution in [3.63, 3.8) is 0 Å². The van der Waals surface area contributed by atoms with E-state index in [2.05, 4.69) is 93.7 Å². The van der Waals surface area contributed by atoms with Crippen molar-refractivity contribution < 1.29 is 28.6 Å². The summed E-state index contributed by atoms with van der Waals surface area (Å²) in [6, 6.07) is 0. The van der Waals surface area contributed by atoms with E-state index in [1.54, 1.807) is 0 Å². The van der Waals surface area contributed by atoms with Crippen LogP contribution in [0.1, 0.15) is 367 Å². The summed E-state index contributed by atoms with van der Waals surface area (Å²) in [5.41, 5.74) is 0. The van der Waals surface area contributed by atoms with E-state index in [9.17, 15) is 14.4 Å². The summed E-state index contributed by atoms with van der Waals surface area (Å²) < 4.78 is 16.9. The fourth-order valence-electron chi connectivity index (χ4n) is 10.4. The number of rotatable bonds is 65. The zero-order valence-electron chi connectivity index (χ0n) is 54.1. The van der Waals surface area contributed by atoms with Gasteiger partial charge in [-0.3, -0.25) is 14.4 Å². The molecule has 0 aliphatic heterocycles. The average Bonchev–Trinajstić information content (AvgIpc) is 3.47. The number of hydrogen-bond donors (Lipinski definition) is 0. The van der Waals surface area contributed by atoms with Crippen molar-refractivity contribution in [2.75, 3.05) is 13.2 Å². The highest BCUT2D eigenvalue weighted by molar-refractivity contribution is 5.71. The highest BCUT2D eigenvalue weighted by Gasteiger charge is 2.19. The Morgan fingerprint density at radius 1 is 0.259 bits per heavy atom. The number of esters is 3.